The van der Waals surface area contributed by atoms with E-state index >= 15 is 0 Å². The van der Waals surface area contributed by atoms with Crippen LogP contribution in [-0.2, 0) is 28.7 Å². The van der Waals surface area contributed by atoms with Crippen LogP contribution in [0.2, 0.25) is 0 Å². The lowest BCUT2D eigenvalue weighted by atomic mass is 9.92. The van der Waals surface area contributed by atoms with Crippen molar-refractivity contribution in [1.29, 1.82) is 5.26 Å². The van der Waals surface area contributed by atoms with Crippen molar-refractivity contribution in [3.63, 3.8) is 0 Å². The van der Waals surface area contributed by atoms with Crippen LogP contribution < -0.4 is 0 Å². The summed E-state index contributed by atoms with van der Waals surface area (Å²) < 4.78 is 31.8. The van der Waals surface area contributed by atoms with Gasteiger partial charge >= 0.3 is 13.7 Å². The van der Waals surface area contributed by atoms with E-state index in [4.69, 9.17) is 13.8 Å². The quantitative estimate of drug-likeness (QED) is 0.517. The molecule has 0 aliphatic carbocycles. The van der Waals surface area contributed by atoms with Crippen molar-refractivity contribution in [2.24, 2.45) is 0 Å². The molecule has 1 aliphatic heterocycles. The summed E-state index contributed by atoms with van der Waals surface area (Å²) in [4.78, 5) is 12.1. The summed E-state index contributed by atoms with van der Waals surface area (Å²) >= 11 is 0. The van der Waals surface area contributed by atoms with Gasteiger partial charge in [0.25, 0.3) is 0 Å². The molecule has 1 saturated heterocycles. The van der Waals surface area contributed by atoms with Crippen LogP contribution in [0.15, 0.2) is 60.7 Å². The molecule has 2 aromatic rings. The fourth-order valence-corrected chi connectivity index (χ4v) is 5.36. The second kappa shape index (κ2) is 8.48. The fourth-order valence-electron chi connectivity index (χ4n) is 3.28. The van der Waals surface area contributed by atoms with E-state index in [2.05, 4.69) is 0 Å². The molecule has 2 aromatic carbocycles. The average Bonchev–Trinajstić information content (AvgIpc) is 2.98. The van der Waals surface area contributed by atoms with Gasteiger partial charge in [-0.1, -0.05) is 60.7 Å². The summed E-state index contributed by atoms with van der Waals surface area (Å²) in [5, 5.41) is 10.0. The second-order valence-electron chi connectivity index (χ2n) is 6.87. The third kappa shape index (κ3) is 4.12. The van der Waals surface area contributed by atoms with Crippen LogP contribution >= 0.6 is 7.75 Å². The van der Waals surface area contributed by atoms with Crippen LogP contribution in [0.1, 0.15) is 30.6 Å². The van der Waals surface area contributed by atoms with Gasteiger partial charge in [0, 0.05) is 6.04 Å². The summed E-state index contributed by atoms with van der Waals surface area (Å²) in [7, 11) is -1.06. The summed E-state index contributed by atoms with van der Waals surface area (Å²) in [5.74, 6) is -0.656. The Hall–Kier alpha value is -2.49. The van der Waals surface area contributed by atoms with E-state index in [1.165, 1.54) is 11.8 Å². The highest BCUT2D eigenvalue weighted by atomic mass is 31.2. The minimum absolute atomic E-state index is 0.270. The third-order valence-corrected chi connectivity index (χ3v) is 7.27. The Labute approximate surface area is 170 Å². The fraction of sp³-hybridized carbons (Fsp3) is 0.333. The molecule has 0 radical (unpaired) electrons. The maximum absolute atomic E-state index is 13.7. The largest absolute Gasteiger partial charge is 0.469 e. The number of methoxy groups -OCH3 is 1. The Morgan fingerprint density at radius 3 is 2.34 bits per heavy atom. The number of likely N-dealkylation sites (N-methyl/N-ethyl adjacent to an activating group) is 1. The lowest BCUT2D eigenvalue weighted by molar-refractivity contribution is -0.144. The van der Waals surface area contributed by atoms with Crippen molar-refractivity contribution < 1.29 is 23.1 Å². The summed E-state index contributed by atoms with van der Waals surface area (Å²) in [6.07, 6.45) is -0.924. The Bertz CT molecular complexity index is 947. The lowest BCUT2D eigenvalue weighted by Gasteiger charge is -2.31. The molecule has 1 fully saturated rings. The monoisotopic (exact) mass is 414 g/mol. The van der Waals surface area contributed by atoms with Crippen molar-refractivity contribution in [3.05, 3.63) is 71.8 Å². The zero-order valence-corrected chi connectivity index (χ0v) is 17.4. The van der Waals surface area contributed by atoms with Crippen LogP contribution in [0.5, 0.6) is 0 Å². The number of hydrogen-bond donors (Lipinski definition) is 0. The molecule has 152 valence electrons. The summed E-state index contributed by atoms with van der Waals surface area (Å²) in [6.45, 7) is 1.87. The van der Waals surface area contributed by atoms with E-state index in [1.807, 2.05) is 43.3 Å². The molecule has 0 bridgehead atoms. The number of carbonyl (C=O) groups is 1. The maximum atomic E-state index is 13.7. The molecular weight excluding hydrogens is 391 g/mol. The predicted octanol–water partition coefficient (Wildman–Crippen LogP) is 4.19. The first kappa shape index (κ1) is 21.2. The predicted molar refractivity (Wildman–Crippen MR) is 107 cm³/mol. The van der Waals surface area contributed by atoms with Gasteiger partial charge in [-0.2, -0.15) is 5.26 Å². The zero-order chi connectivity index (χ0) is 21.1. The molecule has 1 aliphatic rings. The molecule has 0 saturated carbocycles. The van der Waals surface area contributed by atoms with Crippen molar-refractivity contribution in [2.45, 2.75) is 31.1 Å². The first-order valence-electron chi connectivity index (χ1n) is 9.16. The number of rotatable bonds is 6. The normalized spacial score (nSPS) is 26.4. The van der Waals surface area contributed by atoms with Crippen LogP contribution in [0.25, 0.3) is 0 Å². The molecule has 1 heterocycles. The minimum atomic E-state index is -3.91. The molecule has 0 spiro atoms. The van der Waals surface area contributed by atoms with E-state index < -0.39 is 31.8 Å². The highest BCUT2D eigenvalue weighted by Crippen LogP contribution is 2.65. The highest BCUT2D eigenvalue weighted by molar-refractivity contribution is 7.51. The molecule has 8 heteroatoms. The smallest absolute Gasteiger partial charge is 0.410 e. The second-order valence-corrected chi connectivity index (χ2v) is 8.83. The maximum Gasteiger partial charge on any atom is 0.410 e. The van der Waals surface area contributed by atoms with Crippen molar-refractivity contribution in [3.8, 4) is 6.07 Å². The molecule has 0 aromatic heterocycles. The topological polar surface area (TPSA) is 88.9 Å². The van der Waals surface area contributed by atoms with Gasteiger partial charge in [0.05, 0.1) is 13.5 Å². The zero-order valence-electron chi connectivity index (χ0n) is 16.5. The number of hydrogen-bond acceptors (Lipinski definition) is 6. The van der Waals surface area contributed by atoms with Gasteiger partial charge in [-0.15, -0.1) is 0 Å². The molecular formula is C21H23N2O5P. The molecule has 7 nitrogen and oxygen atoms in total. The Morgan fingerprint density at radius 1 is 1.21 bits per heavy atom. The Balaban J connectivity index is 1.99. The molecule has 0 N–H and O–H groups in total. The molecule has 4 unspecified atom stereocenters. The molecule has 0 amide bonds. The summed E-state index contributed by atoms with van der Waals surface area (Å²) in [5.41, 5.74) is -0.567. The number of nitriles is 1. The lowest BCUT2D eigenvalue weighted by Crippen LogP contribution is -2.33. The van der Waals surface area contributed by atoms with Crippen LogP contribution in [-0.4, -0.2) is 30.8 Å². The number of ether oxygens (including phenoxy) is 1. The third-order valence-electron chi connectivity index (χ3n) is 5.10. The molecule has 3 rings (SSSR count). The van der Waals surface area contributed by atoms with Crippen molar-refractivity contribution >= 4 is 13.7 Å². The SMILES string of the molecule is COC(=O)CC(C#N)(OP1(=O)OC(c2ccccc2)C(C)N1C)c1ccccc1. The Kier molecular flexibility index (Phi) is 6.21. The van der Waals surface area contributed by atoms with E-state index in [1.54, 1.807) is 37.4 Å². The Morgan fingerprint density at radius 2 is 1.79 bits per heavy atom. The van der Waals surface area contributed by atoms with Gasteiger partial charge in [-0.05, 0) is 25.1 Å². The van der Waals surface area contributed by atoms with Crippen molar-refractivity contribution in [2.75, 3.05) is 14.2 Å². The minimum Gasteiger partial charge on any atom is -0.469 e. The average molecular weight is 414 g/mol. The molecule has 29 heavy (non-hydrogen) atoms. The number of carbonyl (C=O) groups excluding carboxylic acids is 1. The van der Waals surface area contributed by atoms with Gasteiger partial charge in [0.15, 0.2) is 5.60 Å². The number of esters is 1. The first-order chi connectivity index (χ1) is 13.8. The van der Waals surface area contributed by atoms with Crippen LogP contribution in [0.3, 0.4) is 0 Å². The van der Waals surface area contributed by atoms with E-state index in [-0.39, 0.29) is 6.04 Å². The van der Waals surface area contributed by atoms with Gasteiger partial charge in [-0.25, -0.2) is 9.24 Å². The van der Waals surface area contributed by atoms with Gasteiger partial charge < -0.3 is 4.74 Å². The molecule has 4 atom stereocenters. The van der Waals surface area contributed by atoms with Gasteiger partial charge in [0.2, 0.25) is 0 Å². The van der Waals surface area contributed by atoms with Crippen molar-refractivity contribution in [1.82, 2.24) is 4.67 Å². The highest BCUT2D eigenvalue weighted by Gasteiger charge is 2.54. The van der Waals surface area contributed by atoms with Gasteiger partial charge in [0.1, 0.15) is 12.2 Å². The first-order valence-corrected chi connectivity index (χ1v) is 10.7. The van der Waals surface area contributed by atoms with Crippen LogP contribution in [0, 0.1) is 11.3 Å². The van der Waals surface area contributed by atoms with E-state index in [0.29, 0.717) is 5.56 Å². The number of benzene rings is 2. The van der Waals surface area contributed by atoms with Crippen LogP contribution in [0.4, 0.5) is 0 Å². The van der Waals surface area contributed by atoms with E-state index in [9.17, 15) is 14.6 Å². The standard InChI is InChI=1S/C21H23N2O5P/c1-16-20(17-10-6-4-7-11-17)27-29(25,23(16)2)28-21(15-22,14-19(24)26-3)18-12-8-5-9-13-18/h4-13,16,20H,14H2,1-3H3. The summed E-state index contributed by atoms with van der Waals surface area (Å²) in [6, 6.07) is 19.7. The van der Waals surface area contributed by atoms with Gasteiger partial charge in [-0.3, -0.25) is 13.8 Å². The van der Waals surface area contributed by atoms with E-state index in [0.717, 1.165) is 5.56 Å². The number of nitrogens with zero attached hydrogens (tertiary/aromatic N) is 2.